The summed E-state index contributed by atoms with van der Waals surface area (Å²) in [5, 5.41) is 18.9. The molecule has 0 unspecified atom stereocenters. The first-order valence-electron chi connectivity index (χ1n) is 6.73. The van der Waals surface area contributed by atoms with Crippen LogP contribution < -0.4 is 10.5 Å². The van der Waals surface area contributed by atoms with E-state index in [1.807, 2.05) is 19.1 Å². The second kappa shape index (κ2) is 6.71. The molecule has 2 rings (SSSR count). The minimum absolute atomic E-state index is 0.300. The van der Waals surface area contributed by atoms with Crippen LogP contribution in [0.15, 0.2) is 41.4 Å². The Bertz CT molecular complexity index is 819. The summed E-state index contributed by atoms with van der Waals surface area (Å²) in [5.41, 5.74) is 1.90. The largest absolute Gasteiger partial charge is 0.384 e. The normalized spacial score (nSPS) is 11.2. The molecular formula is C14H16N4O4S. The van der Waals surface area contributed by atoms with E-state index in [2.05, 4.69) is 10.3 Å². The van der Waals surface area contributed by atoms with E-state index in [0.29, 0.717) is 18.7 Å². The predicted octanol–water partition coefficient (Wildman–Crippen LogP) is 1.60. The highest BCUT2D eigenvalue weighted by molar-refractivity contribution is 7.89. The summed E-state index contributed by atoms with van der Waals surface area (Å²) >= 11 is 0. The molecule has 0 bridgehead atoms. The molecule has 9 heteroatoms. The number of benzene rings is 1. The quantitative estimate of drug-likeness (QED) is 0.609. The molecule has 0 saturated heterocycles. The molecule has 0 radical (unpaired) electrons. The minimum Gasteiger partial charge on any atom is -0.384 e. The van der Waals surface area contributed by atoms with Crippen molar-refractivity contribution in [2.24, 2.45) is 5.14 Å². The zero-order valence-corrected chi connectivity index (χ0v) is 13.2. The van der Waals surface area contributed by atoms with E-state index in [-0.39, 0.29) is 10.6 Å². The second-order valence-corrected chi connectivity index (χ2v) is 6.56. The fourth-order valence-corrected chi connectivity index (χ4v) is 2.53. The maximum absolute atomic E-state index is 11.4. The molecule has 0 aliphatic rings. The number of nitro benzene ring substituents is 1. The van der Waals surface area contributed by atoms with Crippen LogP contribution in [0.25, 0.3) is 0 Å². The van der Waals surface area contributed by atoms with Crippen LogP contribution in [0.1, 0.15) is 11.3 Å². The maximum atomic E-state index is 11.4. The number of aryl methyl sites for hydroxylation is 1. The first kappa shape index (κ1) is 16.8. The third kappa shape index (κ3) is 4.73. The molecule has 8 nitrogen and oxygen atoms in total. The maximum Gasteiger partial charge on any atom is 0.272 e. The highest BCUT2D eigenvalue weighted by atomic mass is 32.2. The first-order valence-corrected chi connectivity index (χ1v) is 8.28. The molecule has 0 amide bonds. The molecule has 122 valence electrons. The summed E-state index contributed by atoms with van der Waals surface area (Å²) in [6.07, 6.45) is 2.39. The van der Waals surface area contributed by atoms with Crippen LogP contribution in [0.5, 0.6) is 0 Å². The molecule has 3 N–H and O–H groups in total. The van der Waals surface area contributed by atoms with Gasteiger partial charge in [-0.05, 0) is 31.0 Å². The Kier molecular flexibility index (Phi) is 4.92. The number of anilines is 1. The van der Waals surface area contributed by atoms with Crippen molar-refractivity contribution in [1.82, 2.24) is 4.98 Å². The van der Waals surface area contributed by atoms with Crippen LogP contribution in [0.2, 0.25) is 0 Å². The number of aromatic nitrogens is 1. The van der Waals surface area contributed by atoms with Crippen LogP contribution in [0.3, 0.4) is 0 Å². The van der Waals surface area contributed by atoms with E-state index in [1.54, 1.807) is 6.20 Å². The molecule has 0 atom stereocenters. The van der Waals surface area contributed by atoms with Crippen molar-refractivity contribution in [3.05, 3.63) is 57.9 Å². The third-order valence-electron chi connectivity index (χ3n) is 3.15. The van der Waals surface area contributed by atoms with Crippen LogP contribution in [-0.4, -0.2) is 24.9 Å². The van der Waals surface area contributed by atoms with E-state index in [1.165, 1.54) is 12.1 Å². The summed E-state index contributed by atoms with van der Waals surface area (Å²) in [5.74, 6) is 0. The Labute approximate surface area is 133 Å². The van der Waals surface area contributed by atoms with Crippen molar-refractivity contribution in [3.8, 4) is 0 Å². The van der Waals surface area contributed by atoms with Gasteiger partial charge in [0.15, 0.2) is 0 Å². The Morgan fingerprint density at radius 1 is 1.30 bits per heavy atom. The molecule has 0 saturated carbocycles. The molecule has 2 aromatic rings. The van der Waals surface area contributed by atoms with Gasteiger partial charge in [0, 0.05) is 36.3 Å². The monoisotopic (exact) mass is 336 g/mol. The average Bonchev–Trinajstić information content (AvgIpc) is 2.48. The van der Waals surface area contributed by atoms with E-state index >= 15 is 0 Å². The summed E-state index contributed by atoms with van der Waals surface area (Å²) in [4.78, 5) is 14.1. The number of nitrogens with zero attached hydrogens (tertiary/aromatic N) is 2. The molecule has 1 aromatic heterocycles. The Hall–Kier alpha value is -2.52. The van der Waals surface area contributed by atoms with Gasteiger partial charge in [-0.15, -0.1) is 0 Å². The van der Waals surface area contributed by atoms with Gasteiger partial charge in [-0.2, -0.15) is 0 Å². The summed E-state index contributed by atoms with van der Waals surface area (Å²) < 4.78 is 22.8. The zero-order chi connectivity index (χ0) is 17.0. The minimum atomic E-state index is -4.02. The van der Waals surface area contributed by atoms with E-state index in [4.69, 9.17) is 5.14 Å². The summed E-state index contributed by atoms with van der Waals surface area (Å²) in [6, 6.07) is 7.30. The summed E-state index contributed by atoms with van der Waals surface area (Å²) in [7, 11) is -4.02. The Balaban J connectivity index is 2.14. The van der Waals surface area contributed by atoms with Crippen molar-refractivity contribution in [2.75, 3.05) is 11.9 Å². The van der Waals surface area contributed by atoms with Crippen molar-refractivity contribution >= 4 is 21.4 Å². The molecule has 0 aliphatic heterocycles. The van der Waals surface area contributed by atoms with Crippen LogP contribution >= 0.6 is 0 Å². The number of nitro groups is 1. The van der Waals surface area contributed by atoms with Gasteiger partial charge in [0.1, 0.15) is 0 Å². The first-order chi connectivity index (χ1) is 10.8. The van der Waals surface area contributed by atoms with Gasteiger partial charge >= 0.3 is 0 Å². The number of nitrogens with one attached hydrogen (secondary N) is 1. The second-order valence-electron chi connectivity index (χ2n) is 5.00. The topological polar surface area (TPSA) is 128 Å². The Morgan fingerprint density at radius 2 is 2.04 bits per heavy atom. The average molecular weight is 336 g/mol. The van der Waals surface area contributed by atoms with Crippen molar-refractivity contribution in [2.45, 2.75) is 18.2 Å². The number of sulfonamides is 1. The predicted molar refractivity (Wildman–Crippen MR) is 85.6 cm³/mol. The number of nitrogens with two attached hydrogens (primary N) is 1. The fraction of sp³-hybridized carbons (Fsp3) is 0.214. The highest BCUT2D eigenvalue weighted by Crippen LogP contribution is 2.23. The lowest BCUT2D eigenvalue weighted by Gasteiger charge is -2.08. The van der Waals surface area contributed by atoms with E-state index in [9.17, 15) is 18.5 Å². The van der Waals surface area contributed by atoms with Crippen LogP contribution in [-0.2, 0) is 16.4 Å². The molecular weight excluding hydrogens is 320 g/mol. The van der Waals surface area contributed by atoms with Gasteiger partial charge in [-0.1, -0.05) is 6.07 Å². The van der Waals surface area contributed by atoms with Crippen LogP contribution in [0, 0.1) is 17.0 Å². The van der Waals surface area contributed by atoms with Crippen molar-refractivity contribution in [3.63, 3.8) is 0 Å². The molecule has 1 heterocycles. The lowest BCUT2D eigenvalue weighted by Crippen LogP contribution is -2.13. The van der Waals surface area contributed by atoms with Gasteiger partial charge in [0.25, 0.3) is 5.69 Å². The molecule has 0 spiro atoms. The van der Waals surface area contributed by atoms with Crippen molar-refractivity contribution in [1.29, 1.82) is 0 Å². The smallest absolute Gasteiger partial charge is 0.272 e. The number of hydrogen-bond acceptors (Lipinski definition) is 6. The zero-order valence-electron chi connectivity index (χ0n) is 12.4. The number of hydrogen-bond donors (Lipinski definition) is 2. The fourth-order valence-electron chi connectivity index (χ4n) is 1.95. The lowest BCUT2D eigenvalue weighted by molar-refractivity contribution is -0.385. The molecule has 0 fully saturated rings. The number of pyridine rings is 1. The van der Waals surface area contributed by atoms with Gasteiger partial charge in [-0.3, -0.25) is 15.1 Å². The number of primary sulfonamides is 1. The third-order valence-corrected chi connectivity index (χ3v) is 4.04. The van der Waals surface area contributed by atoms with Gasteiger partial charge in [-0.25, -0.2) is 13.6 Å². The number of non-ortho nitro benzene ring substituents is 1. The van der Waals surface area contributed by atoms with Crippen molar-refractivity contribution < 1.29 is 13.3 Å². The molecule has 1 aromatic carbocycles. The van der Waals surface area contributed by atoms with Gasteiger partial charge in [0.2, 0.25) is 10.0 Å². The summed E-state index contributed by atoms with van der Waals surface area (Å²) in [6.45, 7) is 2.36. The van der Waals surface area contributed by atoms with Gasteiger partial charge < -0.3 is 5.32 Å². The SMILES string of the molecule is Cc1ccc(CCNc2cc([N+](=O)[O-])cc(S(N)(=O)=O)c2)cn1. The lowest BCUT2D eigenvalue weighted by atomic mass is 10.2. The molecule has 0 aliphatic carbocycles. The standard InChI is InChI=1S/C14H16N4O4S/c1-10-2-3-11(9-17-10)4-5-16-12-6-13(18(19)20)8-14(7-12)23(15,21)22/h2-3,6-9,16H,4-5H2,1H3,(H2,15,21,22). The number of rotatable bonds is 6. The van der Waals surface area contributed by atoms with E-state index in [0.717, 1.165) is 17.3 Å². The van der Waals surface area contributed by atoms with Gasteiger partial charge in [0.05, 0.1) is 9.82 Å². The van der Waals surface area contributed by atoms with E-state index < -0.39 is 14.9 Å². The van der Waals surface area contributed by atoms with Crippen LogP contribution in [0.4, 0.5) is 11.4 Å². The molecule has 23 heavy (non-hydrogen) atoms. The Morgan fingerprint density at radius 3 is 2.61 bits per heavy atom. The highest BCUT2D eigenvalue weighted by Gasteiger charge is 2.16.